The highest BCUT2D eigenvalue weighted by molar-refractivity contribution is 7.89. The van der Waals surface area contributed by atoms with Gasteiger partial charge in [-0.15, -0.1) is 0 Å². The first kappa shape index (κ1) is 24.2. The molecule has 0 saturated heterocycles. The molecule has 0 atom stereocenters. The maximum absolute atomic E-state index is 12.6. The van der Waals surface area contributed by atoms with Crippen LogP contribution in [0.3, 0.4) is 0 Å². The molecule has 0 N–H and O–H groups in total. The zero-order chi connectivity index (χ0) is 23.8. The van der Waals surface area contributed by atoms with E-state index in [1.807, 2.05) is 30.4 Å². The number of hydrogen-bond donors (Lipinski definition) is 0. The van der Waals surface area contributed by atoms with Gasteiger partial charge in [-0.05, 0) is 59.7 Å². The molecule has 0 fully saturated rings. The third-order valence-electron chi connectivity index (χ3n) is 5.00. The Bertz CT molecular complexity index is 1220. The zero-order valence-electron chi connectivity index (χ0n) is 18.8. The van der Waals surface area contributed by atoms with E-state index in [9.17, 15) is 13.2 Å². The molecule has 0 amide bonds. The van der Waals surface area contributed by atoms with E-state index >= 15 is 0 Å². The monoisotopic (exact) mass is 466 g/mol. The second-order valence-corrected chi connectivity index (χ2v) is 8.97. The second kappa shape index (κ2) is 10.9. The van der Waals surface area contributed by atoms with Gasteiger partial charge in [0, 0.05) is 25.5 Å². The molecule has 3 rings (SSSR count). The molecule has 172 valence electrons. The Labute approximate surface area is 194 Å². The number of benzene rings is 2. The molecular formula is C25H26N2O5S. The van der Waals surface area contributed by atoms with Gasteiger partial charge in [0.05, 0.1) is 17.6 Å². The number of carbonyl (C=O) groups is 1. The predicted molar refractivity (Wildman–Crippen MR) is 128 cm³/mol. The summed E-state index contributed by atoms with van der Waals surface area (Å²) in [6.45, 7) is 4.30. The summed E-state index contributed by atoms with van der Waals surface area (Å²) in [5, 5.41) is 0. The van der Waals surface area contributed by atoms with E-state index < -0.39 is 16.0 Å². The highest BCUT2D eigenvalue weighted by Gasteiger charge is 2.22. The fourth-order valence-electron chi connectivity index (χ4n) is 3.17. The molecule has 1 heterocycles. The number of esters is 1. The van der Waals surface area contributed by atoms with Gasteiger partial charge in [-0.3, -0.25) is 4.98 Å². The summed E-state index contributed by atoms with van der Waals surface area (Å²) in [5.74, 6) is 0.0597. The maximum Gasteiger partial charge on any atom is 0.343 e. The summed E-state index contributed by atoms with van der Waals surface area (Å²) in [5.41, 5.74) is 2.11. The molecule has 7 nitrogen and oxygen atoms in total. The van der Waals surface area contributed by atoms with Crippen molar-refractivity contribution >= 4 is 28.1 Å². The Balaban J connectivity index is 1.75. The lowest BCUT2D eigenvalue weighted by molar-refractivity contribution is 0.0729. The predicted octanol–water partition coefficient (Wildman–Crippen LogP) is 4.51. The lowest BCUT2D eigenvalue weighted by atomic mass is 10.1. The standard InChI is InChI=1S/C25H26N2O5S/c1-4-27(5-2)33(29,30)22-11-9-21(10-12-22)25(28)32-23-13-8-20(18-24(23)31-3)7-6-19-14-16-26-17-15-19/h6-18H,4-5H2,1-3H3/b7-6+. The Hall–Kier alpha value is -3.49. The summed E-state index contributed by atoms with van der Waals surface area (Å²) in [4.78, 5) is 16.7. The largest absolute Gasteiger partial charge is 0.493 e. The van der Waals surface area contributed by atoms with Crippen molar-refractivity contribution in [2.45, 2.75) is 18.7 Å². The Morgan fingerprint density at radius 3 is 2.15 bits per heavy atom. The highest BCUT2D eigenvalue weighted by atomic mass is 32.2. The quantitative estimate of drug-likeness (QED) is 0.341. The summed E-state index contributed by atoms with van der Waals surface area (Å²) < 4.78 is 37.5. The average Bonchev–Trinajstić information content (AvgIpc) is 2.84. The number of methoxy groups -OCH3 is 1. The molecule has 0 aliphatic rings. The lowest BCUT2D eigenvalue weighted by Crippen LogP contribution is -2.30. The van der Waals surface area contributed by atoms with Crippen molar-refractivity contribution in [2.75, 3.05) is 20.2 Å². The minimum absolute atomic E-state index is 0.130. The average molecular weight is 467 g/mol. The molecule has 0 radical (unpaired) electrons. The van der Waals surface area contributed by atoms with Gasteiger partial charge < -0.3 is 9.47 Å². The van der Waals surface area contributed by atoms with Crippen molar-refractivity contribution in [1.29, 1.82) is 0 Å². The summed E-state index contributed by atoms with van der Waals surface area (Å²) in [6, 6.07) is 14.7. The smallest absolute Gasteiger partial charge is 0.343 e. The molecule has 0 spiro atoms. The van der Waals surface area contributed by atoms with Crippen LogP contribution in [0, 0.1) is 0 Å². The van der Waals surface area contributed by atoms with Crippen LogP contribution in [-0.4, -0.2) is 43.9 Å². The second-order valence-electron chi connectivity index (χ2n) is 7.03. The molecule has 3 aromatic rings. The van der Waals surface area contributed by atoms with Crippen LogP contribution in [0.25, 0.3) is 12.2 Å². The zero-order valence-corrected chi connectivity index (χ0v) is 19.6. The fourth-order valence-corrected chi connectivity index (χ4v) is 4.63. The van der Waals surface area contributed by atoms with Crippen molar-refractivity contribution in [1.82, 2.24) is 9.29 Å². The van der Waals surface area contributed by atoms with Crippen LogP contribution in [0.2, 0.25) is 0 Å². The van der Waals surface area contributed by atoms with E-state index in [0.29, 0.717) is 18.8 Å². The molecule has 0 saturated carbocycles. The first-order valence-corrected chi connectivity index (χ1v) is 11.9. The third-order valence-corrected chi connectivity index (χ3v) is 7.06. The first-order valence-electron chi connectivity index (χ1n) is 10.5. The number of sulfonamides is 1. The van der Waals surface area contributed by atoms with Crippen LogP contribution in [0.5, 0.6) is 11.5 Å². The molecule has 2 aromatic carbocycles. The summed E-state index contributed by atoms with van der Waals surface area (Å²) in [6.07, 6.45) is 7.29. The van der Waals surface area contributed by atoms with Crippen molar-refractivity contribution in [3.05, 3.63) is 83.7 Å². The van der Waals surface area contributed by atoms with E-state index in [2.05, 4.69) is 4.98 Å². The minimum atomic E-state index is -3.59. The summed E-state index contributed by atoms with van der Waals surface area (Å²) in [7, 11) is -2.10. The number of carbonyl (C=O) groups excluding carboxylic acids is 1. The van der Waals surface area contributed by atoms with Crippen LogP contribution in [0.15, 0.2) is 71.9 Å². The van der Waals surface area contributed by atoms with Gasteiger partial charge >= 0.3 is 5.97 Å². The van der Waals surface area contributed by atoms with Crippen LogP contribution in [0.1, 0.15) is 35.3 Å². The van der Waals surface area contributed by atoms with Crippen molar-refractivity contribution in [3.8, 4) is 11.5 Å². The maximum atomic E-state index is 12.6. The number of aromatic nitrogens is 1. The SMILES string of the molecule is CCN(CC)S(=O)(=O)c1ccc(C(=O)Oc2ccc(/C=C/c3ccncc3)cc2OC)cc1. The van der Waals surface area contributed by atoms with E-state index in [0.717, 1.165) is 11.1 Å². The molecule has 0 aliphatic carbocycles. The minimum Gasteiger partial charge on any atom is -0.493 e. The molecule has 8 heteroatoms. The first-order chi connectivity index (χ1) is 15.9. The lowest BCUT2D eigenvalue weighted by Gasteiger charge is -2.18. The van der Waals surface area contributed by atoms with Gasteiger partial charge in [0.15, 0.2) is 11.5 Å². The molecule has 0 aliphatic heterocycles. The van der Waals surface area contributed by atoms with Gasteiger partial charge in [-0.1, -0.05) is 32.1 Å². The van der Waals surface area contributed by atoms with Gasteiger partial charge in [-0.2, -0.15) is 4.31 Å². The van der Waals surface area contributed by atoms with E-state index in [-0.39, 0.29) is 16.2 Å². The Kier molecular flexibility index (Phi) is 7.97. The number of pyridine rings is 1. The Morgan fingerprint density at radius 1 is 0.909 bits per heavy atom. The molecular weight excluding hydrogens is 440 g/mol. The molecule has 0 unspecified atom stereocenters. The van der Waals surface area contributed by atoms with Gasteiger partial charge in [0.1, 0.15) is 0 Å². The third kappa shape index (κ3) is 5.85. The van der Waals surface area contributed by atoms with Gasteiger partial charge in [-0.25, -0.2) is 13.2 Å². The Morgan fingerprint density at radius 2 is 1.55 bits per heavy atom. The fraction of sp³-hybridized carbons (Fsp3) is 0.200. The summed E-state index contributed by atoms with van der Waals surface area (Å²) >= 11 is 0. The van der Waals surface area contributed by atoms with Gasteiger partial charge in [0.2, 0.25) is 10.0 Å². The number of hydrogen-bond acceptors (Lipinski definition) is 6. The number of rotatable bonds is 9. The number of ether oxygens (including phenoxy) is 2. The van der Waals surface area contributed by atoms with Crippen molar-refractivity contribution in [2.24, 2.45) is 0 Å². The van der Waals surface area contributed by atoms with Crippen LogP contribution in [-0.2, 0) is 10.0 Å². The number of nitrogens with zero attached hydrogens (tertiary/aromatic N) is 2. The van der Waals surface area contributed by atoms with Crippen molar-refractivity contribution < 1.29 is 22.7 Å². The van der Waals surface area contributed by atoms with E-state index in [1.54, 1.807) is 38.4 Å². The van der Waals surface area contributed by atoms with Crippen molar-refractivity contribution in [3.63, 3.8) is 0 Å². The van der Waals surface area contributed by atoms with Crippen LogP contribution in [0.4, 0.5) is 0 Å². The molecule has 1 aromatic heterocycles. The van der Waals surface area contributed by atoms with Gasteiger partial charge in [0.25, 0.3) is 0 Å². The molecule has 33 heavy (non-hydrogen) atoms. The van der Waals surface area contributed by atoms with Crippen LogP contribution < -0.4 is 9.47 Å². The van der Waals surface area contributed by atoms with E-state index in [1.165, 1.54) is 35.7 Å². The van der Waals surface area contributed by atoms with E-state index in [4.69, 9.17) is 9.47 Å². The molecule has 0 bridgehead atoms. The highest BCUT2D eigenvalue weighted by Crippen LogP contribution is 2.30. The normalized spacial score (nSPS) is 11.6. The van der Waals surface area contributed by atoms with Crippen LogP contribution >= 0.6 is 0 Å². The topological polar surface area (TPSA) is 85.8 Å².